The molecule has 0 heterocycles. The molecule has 0 aliphatic heterocycles. The number of ether oxygens (including phenoxy) is 2. The lowest BCUT2D eigenvalue weighted by Gasteiger charge is -2.25. The summed E-state index contributed by atoms with van der Waals surface area (Å²) in [5.74, 6) is 1.43. The van der Waals surface area contributed by atoms with Crippen LogP contribution in [0.15, 0.2) is 30.4 Å². The standard InChI is InChI=1S/C17H27NO3/c1-13(2)11-21-16-9-14(7-8-15(16)20-6)10-18(5)12-17(3,4)19/h7-9,19H,1,10-12H2,2-6H3. The van der Waals surface area contributed by atoms with Crippen LogP contribution in [0.2, 0.25) is 0 Å². The SMILES string of the molecule is C=C(C)COc1cc(CN(C)CC(C)(C)O)ccc1OC. The Balaban J connectivity index is 2.79. The third-order valence-electron chi connectivity index (χ3n) is 2.81. The summed E-state index contributed by atoms with van der Waals surface area (Å²) in [6.45, 7) is 11.2. The van der Waals surface area contributed by atoms with Crippen molar-refractivity contribution in [2.24, 2.45) is 0 Å². The molecule has 1 rings (SSSR count). The Morgan fingerprint density at radius 3 is 2.52 bits per heavy atom. The first-order valence-electron chi connectivity index (χ1n) is 7.06. The van der Waals surface area contributed by atoms with Crippen molar-refractivity contribution in [2.45, 2.75) is 32.9 Å². The summed E-state index contributed by atoms with van der Waals surface area (Å²) < 4.78 is 11.0. The molecule has 21 heavy (non-hydrogen) atoms. The van der Waals surface area contributed by atoms with Crippen molar-refractivity contribution in [3.05, 3.63) is 35.9 Å². The predicted molar refractivity (Wildman–Crippen MR) is 85.9 cm³/mol. The average Bonchev–Trinajstić information content (AvgIpc) is 2.34. The van der Waals surface area contributed by atoms with Crippen molar-refractivity contribution >= 4 is 0 Å². The lowest BCUT2D eigenvalue weighted by Crippen LogP contribution is -2.35. The zero-order chi connectivity index (χ0) is 16.0. The molecule has 1 aromatic carbocycles. The Labute approximate surface area is 128 Å². The fraction of sp³-hybridized carbons (Fsp3) is 0.529. The highest BCUT2D eigenvalue weighted by Gasteiger charge is 2.16. The Kier molecular flexibility index (Phi) is 6.24. The van der Waals surface area contributed by atoms with Gasteiger partial charge in [-0.15, -0.1) is 0 Å². The maximum atomic E-state index is 9.85. The summed E-state index contributed by atoms with van der Waals surface area (Å²) in [5.41, 5.74) is 1.36. The van der Waals surface area contributed by atoms with E-state index in [0.717, 1.165) is 23.4 Å². The van der Waals surface area contributed by atoms with Crippen LogP contribution in [0.5, 0.6) is 11.5 Å². The lowest BCUT2D eigenvalue weighted by molar-refractivity contribution is 0.0424. The Bertz CT molecular complexity index is 477. The average molecular weight is 293 g/mol. The number of aliphatic hydroxyl groups is 1. The molecule has 4 nitrogen and oxygen atoms in total. The first kappa shape index (κ1) is 17.5. The molecule has 1 N–H and O–H groups in total. The van der Waals surface area contributed by atoms with Gasteiger partial charge in [-0.25, -0.2) is 0 Å². The van der Waals surface area contributed by atoms with E-state index in [1.807, 2.05) is 32.2 Å². The topological polar surface area (TPSA) is 41.9 Å². The van der Waals surface area contributed by atoms with Crippen LogP contribution in [-0.2, 0) is 6.54 Å². The van der Waals surface area contributed by atoms with Crippen LogP contribution in [0.1, 0.15) is 26.3 Å². The molecule has 0 amide bonds. The van der Waals surface area contributed by atoms with Crippen LogP contribution in [0.4, 0.5) is 0 Å². The maximum absolute atomic E-state index is 9.85. The normalized spacial score (nSPS) is 11.6. The molecular formula is C17H27NO3. The molecule has 4 heteroatoms. The molecule has 0 atom stereocenters. The van der Waals surface area contributed by atoms with E-state index in [-0.39, 0.29) is 0 Å². The van der Waals surface area contributed by atoms with Crippen molar-refractivity contribution < 1.29 is 14.6 Å². The molecule has 0 aliphatic carbocycles. The van der Waals surface area contributed by atoms with E-state index in [1.54, 1.807) is 21.0 Å². The number of hydrogen-bond acceptors (Lipinski definition) is 4. The number of likely N-dealkylation sites (N-methyl/N-ethyl adjacent to an activating group) is 1. The van der Waals surface area contributed by atoms with Gasteiger partial charge in [0.25, 0.3) is 0 Å². The third kappa shape index (κ3) is 6.65. The van der Waals surface area contributed by atoms with Gasteiger partial charge in [-0.05, 0) is 51.1 Å². The van der Waals surface area contributed by atoms with E-state index in [9.17, 15) is 5.11 Å². The fourth-order valence-corrected chi connectivity index (χ4v) is 2.16. The molecule has 0 saturated heterocycles. The van der Waals surface area contributed by atoms with Crippen LogP contribution in [-0.4, -0.2) is 42.9 Å². The van der Waals surface area contributed by atoms with Gasteiger partial charge in [-0.3, -0.25) is 4.90 Å². The van der Waals surface area contributed by atoms with E-state index in [4.69, 9.17) is 9.47 Å². The van der Waals surface area contributed by atoms with Gasteiger partial charge in [0.2, 0.25) is 0 Å². The van der Waals surface area contributed by atoms with Gasteiger partial charge in [0.05, 0.1) is 12.7 Å². The van der Waals surface area contributed by atoms with Gasteiger partial charge in [0, 0.05) is 13.1 Å². The summed E-state index contributed by atoms with van der Waals surface area (Å²) in [5, 5.41) is 9.85. The Hall–Kier alpha value is -1.52. The van der Waals surface area contributed by atoms with E-state index in [1.165, 1.54) is 0 Å². The second kappa shape index (κ2) is 7.48. The van der Waals surface area contributed by atoms with Crippen LogP contribution in [0, 0.1) is 0 Å². The van der Waals surface area contributed by atoms with Crippen LogP contribution in [0.25, 0.3) is 0 Å². The lowest BCUT2D eigenvalue weighted by atomic mass is 10.1. The predicted octanol–water partition coefficient (Wildman–Crippen LogP) is 2.85. The second-order valence-electron chi connectivity index (χ2n) is 6.22. The number of hydrogen-bond donors (Lipinski definition) is 1. The first-order valence-corrected chi connectivity index (χ1v) is 7.06. The number of benzene rings is 1. The summed E-state index contributed by atoms with van der Waals surface area (Å²) >= 11 is 0. The minimum Gasteiger partial charge on any atom is -0.493 e. The van der Waals surface area contributed by atoms with Gasteiger partial charge in [0.1, 0.15) is 6.61 Å². The zero-order valence-electron chi connectivity index (χ0n) is 13.8. The Morgan fingerprint density at radius 2 is 2.00 bits per heavy atom. The molecule has 0 unspecified atom stereocenters. The van der Waals surface area contributed by atoms with E-state index >= 15 is 0 Å². The van der Waals surface area contributed by atoms with E-state index in [2.05, 4.69) is 11.5 Å². The van der Waals surface area contributed by atoms with Crippen molar-refractivity contribution in [2.75, 3.05) is 27.3 Å². The van der Waals surface area contributed by atoms with Gasteiger partial charge in [-0.1, -0.05) is 12.6 Å². The van der Waals surface area contributed by atoms with E-state index in [0.29, 0.717) is 18.9 Å². The molecule has 0 aliphatic rings. The highest BCUT2D eigenvalue weighted by Crippen LogP contribution is 2.29. The maximum Gasteiger partial charge on any atom is 0.161 e. The van der Waals surface area contributed by atoms with Crippen molar-refractivity contribution in [3.8, 4) is 11.5 Å². The van der Waals surface area contributed by atoms with Gasteiger partial charge in [0.15, 0.2) is 11.5 Å². The smallest absolute Gasteiger partial charge is 0.161 e. The first-order chi connectivity index (χ1) is 9.71. The number of methoxy groups -OCH3 is 1. The van der Waals surface area contributed by atoms with Crippen LogP contribution >= 0.6 is 0 Å². The monoisotopic (exact) mass is 293 g/mol. The van der Waals surface area contributed by atoms with Gasteiger partial charge < -0.3 is 14.6 Å². The molecular weight excluding hydrogens is 266 g/mol. The fourth-order valence-electron chi connectivity index (χ4n) is 2.16. The molecule has 0 bridgehead atoms. The highest BCUT2D eigenvalue weighted by molar-refractivity contribution is 5.43. The minimum absolute atomic E-state index is 0.472. The molecule has 0 spiro atoms. The van der Waals surface area contributed by atoms with E-state index < -0.39 is 5.60 Å². The molecule has 0 fully saturated rings. The second-order valence-corrected chi connectivity index (χ2v) is 6.22. The largest absolute Gasteiger partial charge is 0.493 e. The number of nitrogens with zero attached hydrogens (tertiary/aromatic N) is 1. The molecule has 0 saturated carbocycles. The minimum atomic E-state index is -0.708. The summed E-state index contributed by atoms with van der Waals surface area (Å²) in [7, 11) is 3.61. The van der Waals surface area contributed by atoms with Crippen LogP contribution < -0.4 is 9.47 Å². The van der Waals surface area contributed by atoms with Crippen molar-refractivity contribution in [1.82, 2.24) is 4.90 Å². The van der Waals surface area contributed by atoms with Crippen molar-refractivity contribution in [1.29, 1.82) is 0 Å². The summed E-state index contributed by atoms with van der Waals surface area (Å²) in [4.78, 5) is 2.07. The molecule has 1 aromatic rings. The van der Waals surface area contributed by atoms with Crippen molar-refractivity contribution in [3.63, 3.8) is 0 Å². The van der Waals surface area contributed by atoms with Gasteiger partial charge in [-0.2, -0.15) is 0 Å². The summed E-state index contributed by atoms with van der Waals surface area (Å²) in [6, 6.07) is 5.89. The summed E-state index contributed by atoms with van der Waals surface area (Å²) in [6.07, 6.45) is 0. The Morgan fingerprint density at radius 1 is 1.33 bits per heavy atom. The molecule has 118 valence electrons. The molecule has 0 aromatic heterocycles. The highest BCUT2D eigenvalue weighted by atomic mass is 16.5. The quantitative estimate of drug-likeness (QED) is 0.748. The zero-order valence-corrected chi connectivity index (χ0v) is 13.8. The molecule has 0 radical (unpaired) electrons. The van der Waals surface area contributed by atoms with Gasteiger partial charge >= 0.3 is 0 Å². The number of rotatable bonds is 8. The third-order valence-corrected chi connectivity index (χ3v) is 2.81. The van der Waals surface area contributed by atoms with Crippen LogP contribution in [0.3, 0.4) is 0 Å².